The zero-order chi connectivity index (χ0) is 16.1. The Morgan fingerprint density at radius 3 is 2.55 bits per heavy atom. The Bertz CT molecular complexity index is 682. The molecular weight excluding hydrogens is 326 g/mol. The summed E-state index contributed by atoms with van der Waals surface area (Å²) in [6.45, 7) is 3.53. The van der Waals surface area contributed by atoms with Crippen LogP contribution in [0.15, 0.2) is 18.2 Å². The molecule has 1 aromatic carbocycles. The van der Waals surface area contributed by atoms with Gasteiger partial charge in [0.2, 0.25) is 0 Å². The van der Waals surface area contributed by atoms with Gasteiger partial charge in [0.25, 0.3) is 5.91 Å². The fourth-order valence-electron chi connectivity index (χ4n) is 1.84. The van der Waals surface area contributed by atoms with Crippen LogP contribution in [-0.2, 0) is 16.1 Å². The molecule has 0 saturated heterocycles. The first kappa shape index (κ1) is 16.4. The van der Waals surface area contributed by atoms with Crippen molar-refractivity contribution >= 4 is 35.0 Å². The van der Waals surface area contributed by atoms with Crippen molar-refractivity contribution in [3.63, 3.8) is 0 Å². The van der Waals surface area contributed by atoms with Gasteiger partial charge >= 0.3 is 5.97 Å². The van der Waals surface area contributed by atoms with Gasteiger partial charge in [0, 0.05) is 17.1 Å². The van der Waals surface area contributed by atoms with Gasteiger partial charge in [-0.15, -0.1) is 5.10 Å². The Morgan fingerprint density at radius 2 is 1.95 bits per heavy atom. The Hall–Kier alpha value is -1.99. The number of carbonyl (C=O) groups excluding carboxylic acids is 2. The molecule has 1 amide bonds. The zero-order valence-corrected chi connectivity index (χ0v) is 13.6. The van der Waals surface area contributed by atoms with Crippen molar-refractivity contribution in [1.29, 1.82) is 0 Å². The van der Waals surface area contributed by atoms with Crippen LogP contribution in [0.4, 0.5) is 0 Å². The number of nitrogens with one attached hydrogen (secondary N) is 1. The van der Waals surface area contributed by atoms with Crippen LogP contribution in [0.3, 0.4) is 0 Å². The second kappa shape index (κ2) is 7.33. The molecule has 0 spiro atoms. The van der Waals surface area contributed by atoms with E-state index in [0.29, 0.717) is 15.6 Å². The van der Waals surface area contributed by atoms with Crippen LogP contribution in [-0.4, -0.2) is 28.0 Å². The van der Waals surface area contributed by atoms with Gasteiger partial charge in [0.15, 0.2) is 0 Å². The first-order valence-electron chi connectivity index (χ1n) is 6.44. The fourth-order valence-corrected chi connectivity index (χ4v) is 2.44. The van der Waals surface area contributed by atoms with Gasteiger partial charge in [-0.25, -0.2) is 0 Å². The lowest BCUT2D eigenvalue weighted by Crippen LogP contribution is -2.30. The van der Waals surface area contributed by atoms with Crippen LogP contribution in [0.25, 0.3) is 0 Å². The molecule has 22 heavy (non-hydrogen) atoms. The van der Waals surface area contributed by atoms with Crippen LogP contribution < -0.4 is 5.32 Å². The molecule has 2 aromatic rings. The minimum Gasteiger partial charge on any atom is -0.458 e. The molecule has 0 saturated carbocycles. The summed E-state index contributed by atoms with van der Waals surface area (Å²) in [4.78, 5) is 23.6. The molecule has 0 bridgehead atoms. The normalized spacial score (nSPS) is 10.3. The summed E-state index contributed by atoms with van der Waals surface area (Å²) in [5.74, 6) is -0.890. The minimum absolute atomic E-state index is 0.0619. The number of rotatable bonds is 5. The molecule has 1 heterocycles. The standard InChI is InChI=1S/C14H14ClN3O3S/c1-8-3-9(2)5-10(4-8)14(20)16-6-12(19)21-7-11-13(15)22-18-17-11/h3-5H,6-7H2,1-2H3,(H,16,20). The summed E-state index contributed by atoms with van der Waals surface area (Å²) < 4.78 is 8.98. The third-order valence-corrected chi connectivity index (χ3v) is 3.74. The lowest BCUT2D eigenvalue weighted by Gasteiger charge is -2.07. The van der Waals surface area contributed by atoms with Gasteiger partial charge in [0.05, 0.1) is 0 Å². The molecule has 2 rings (SSSR count). The third kappa shape index (κ3) is 4.51. The molecule has 0 aliphatic carbocycles. The predicted octanol–water partition coefficient (Wildman–Crippen LogP) is 2.28. The topological polar surface area (TPSA) is 81.2 Å². The highest BCUT2D eigenvalue weighted by molar-refractivity contribution is 7.10. The summed E-state index contributed by atoms with van der Waals surface area (Å²) in [6, 6.07) is 5.49. The Morgan fingerprint density at radius 1 is 1.27 bits per heavy atom. The second-order valence-corrected chi connectivity index (χ2v) is 6.07. The van der Waals surface area contributed by atoms with Gasteiger partial charge in [-0.1, -0.05) is 33.3 Å². The maximum atomic E-state index is 12.0. The van der Waals surface area contributed by atoms with Gasteiger partial charge in [-0.2, -0.15) is 0 Å². The molecule has 0 unspecified atom stereocenters. The second-order valence-electron chi connectivity index (χ2n) is 4.71. The lowest BCUT2D eigenvalue weighted by molar-refractivity contribution is -0.143. The summed E-state index contributed by atoms with van der Waals surface area (Å²) in [6.07, 6.45) is 0. The highest BCUT2D eigenvalue weighted by atomic mass is 35.5. The average Bonchev–Trinajstić information content (AvgIpc) is 2.86. The van der Waals surface area contributed by atoms with E-state index < -0.39 is 5.97 Å². The summed E-state index contributed by atoms with van der Waals surface area (Å²) in [5.41, 5.74) is 2.88. The quantitative estimate of drug-likeness (QED) is 0.845. The number of hydrogen-bond donors (Lipinski definition) is 1. The first-order chi connectivity index (χ1) is 10.5. The predicted molar refractivity (Wildman–Crippen MR) is 83.0 cm³/mol. The molecule has 6 nitrogen and oxygen atoms in total. The average molecular weight is 340 g/mol. The highest BCUT2D eigenvalue weighted by Gasteiger charge is 2.12. The number of benzene rings is 1. The third-order valence-electron chi connectivity index (χ3n) is 2.76. The van der Waals surface area contributed by atoms with Crippen LogP contribution in [0.2, 0.25) is 4.34 Å². The highest BCUT2D eigenvalue weighted by Crippen LogP contribution is 2.17. The Labute approximate surface area is 136 Å². The molecule has 116 valence electrons. The molecular formula is C14H14ClN3O3S. The molecule has 0 aliphatic heterocycles. The number of ether oxygens (including phenoxy) is 1. The molecule has 0 atom stereocenters. The van der Waals surface area contributed by atoms with Crippen molar-refractivity contribution in [1.82, 2.24) is 14.9 Å². The van der Waals surface area contributed by atoms with Crippen LogP contribution in [0.1, 0.15) is 27.2 Å². The van der Waals surface area contributed by atoms with Crippen LogP contribution in [0, 0.1) is 13.8 Å². The van der Waals surface area contributed by atoms with E-state index in [1.807, 2.05) is 19.9 Å². The van der Waals surface area contributed by atoms with Gasteiger partial charge < -0.3 is 10.1 Å². The van der Waals surface area contributed by atoms with E-state index in [1.54, 1.807) is 12.1 Å². The summed E-state index contributed by atoms with van der Waals surface area (Å²) in [7, 11) is 0. The van der Waals surface area contributed by atoms with E-state index in [9.17, 15) is 9.59 Å². The van der Waals surface area contributed by atoms with Crippen molar-refractivity contribution in [2.75, 3.05) is 6.54 Å². The minimum atomic E-state index is -0.568. The van der Waals surface area contributed by atoms with Crippen molar-refractivity contribution in [2.45, 2.75) is 20.5 Å². The van der Waals surface area contributed by atoms with E-state index >= 15 is 0 Å². The largest absolute Gasteiger partial charge is 0.458 e. The smallest absolute Gasteiger partial charge is 0.325 e. The van der Waals surface area contributed by atoms with E-state index in [0.717, 1.165) is 22.7 Å². The monoisotopic (exact) mass is 339 g/mol. The first-order valence-corrected chi connectivity index (χ1v) is 7.59. The Balaban J connectivity index is 1.83. The zero-order valence-electron chi connectivity index (χ0n) is 12.1. The maximum Gasteiger partial charge on any atom is 0.325 e. The summed E-state index contributed by atoms with van der Waals surface area (Å²) >= 11 is 6.81. The molecule has 1 N–H and O–H groups in total. The number of aromatic nitrogens is 2. The molecule has 0 aliphatic rings. The van der Waals surface area contributed by atoms with Crippen molar-refractivity contribution in [3.05, 3.63) is 44.9 Å². The number of aryl methyl sites for hydroxylation is 2. The maximum absolute atomic E-state index is 12.0. The van der Waals surface area contributed by atoms with Gasteiger partial charge in [0.1, 0.15) is 23.2 Å². The lowest BCUT2D eigenvalue weighted by atomic mass is 10.1. The molecule has 1 aromatic heterocycles. The van der Waals surface area contributed by atoms with Crippen LogP contribution >= 0.6 is 23.1 Å². The number of nitrogens with zero attached hydrogens (tertiary/aromatic N) is 2. The number of halogens is 1. The molecule has 0 radical (unpaired) electrons. The van der Waals surface area contributed by atoms with Crippen molar-refractivity contribution in [2.24, 2.45) is 0 Å². The number of esters is 1. The van der Waals surface area contributed by atoms with E-state index in [-0.39, 0.29) is 19.1 Å². The molecule has 8 heteroatoms. The van der Waals surface area contributed by atoms with E-state index in [1.165, 1.54) is 0 Å². The SMILES string of the molecule is Cc1cc(C)cc(C(=O)NCC(=O)OCc2nnsc2Cl)c1. The van der Waals surface area contributed by atoms with Gasteiger partial charge in [-0.05, 0) is 26.0 Å². The summed E-state index contributed by atoms with van der Waals surface area (Å²) in [5, 5.41) is 6.24. The van der Waals surface area contributed by atoms with E-state index in [2.05, 4.69) is 14.9 Å². The van der Waals surface area contributed by atoms with Crippen molar-refractivity contribution < 1.29 is 14.3 Å². The van der Waals surface area contributed by atoms with E-state index in [4.69, 9.17) is 16.3 Å². The number of amides is 1. The number of carbonyl (C=O) groups is 2. The molecule has 0 fully saturated rings. The Kier molecular flexibility index (Phi) is 5.46. The number of hydrogen-bond acceptors (Lipinski definition) is 6. The van der Waals surface area contributed by atoms with Crippen LogP contribution in [0.5, 0.6) is 0 Å². The fraction of sp³-hybridized carbons (Fsp3) is 0.286. The van der Waals surface area contributed by atoms with Gasteiger partial charge in [-0.3, -0.25) is 9.59 Å². The van der Waals surface area contributed by atoms with Crippen molar-refractivity contribution in [3.8, 4) is 0 Å².